The molecule has 0 aliphatic heterocycles. The van der Waals surface area contributed by atoms with Gasteiger partial charge in [-0.15, -0.1) is 5.10 Å². The van der Waals surface area contributed by atoms with Gasteiger partial charge in [0.1, 0.15) is 12.3 Å². The van der Waals surface area contributed by atoms with Gasteiger partial charge in [0.15, 0.2) is 0 Å². The highest BCUT2D eigenvalue weighted by molar-refractivity contribution is 7.92. The summed E-state index contributed by atoms with van der Waals surface area (Å²) in [7, 11) is -1.73. The molecule has 158 valence electrons. The van der Waals surface area contributed by atoms with Gasteiger partial charge in [-0.05, 0) is 31.5 Å². The smallest absolute Gasteiger partial charge is 0.312 e. The highest BCUT2D eigenvalue weighted by Crippen LogP contribution is 2.23. The molecule has 0 saturated carbocycles. The Labute approximate surface area is 175 Å². The van der Waals surface area contributed by atoms with Crippen molar-refractivity contribution < 1.29 is 17.9 Å². The van der Waals surface area contributed by atoms with E-state index in [0.717, 1.165) is 17.4 Å². The van der Waals surface area contributed by atoms with Crippen molar-refractivity contribution in [3.05, 3.63) is 58.9 Å². The molecule has 1 aromatic carbocycles. The number of aromatic nitrogens is 4. The predicted octanol–water partition coefficient (Wildman–Crippen LogP) is 2.15. The molecule has 0 unspecified atom stereocenters. The third kappa shape index (κ3) is 5.41. The van der Waals surface area contributed by atoms with Crippen LogP contribution in [0.2, 0.25) is 0 Å². The molecular formula is C20H23N5O4S. The average molecular weight is 430 g/mol. The van der Waals surface area contributed by atoms with Gasteiger partial charge in [0.25, 0.3) is 0 Å². The number of hydrogen-bond acceptors (Lipinski definition) is 7. The number of carbonyl (C=O) groups is 1. The molecule has 30 heavy (non-hydrogen) atoms. The molecular weight excluding hydrogens is 406 g/mol. The van der Waals surface area contributed by atoms with Gasteiger partial charge in [-0.2, -0.15) is 0 Å². The fourth-order valence-corrected chi connectivity index (χ4v) is 3.54. The topological polar surface area (TPSA) is 116 Å². The molecule has 0 aliphatic rings. The van der Waals surface area contributed by atoms with E-state index in [1.807, 2.05) is 31.2 Å². The van der Waals surface area contributed by atoms with E-state index in [1.165, 1.54) is 4.68 Å². The van der Waals surface area contributed by atoms with Crippen LogP contribution in [0.4, 0.5) is 5.69 Å². The number of carbonyl (C=O) groups excluding carboxylic acids is 1. The van der Waals surface area contributed by atoms with E-state index >= 15 is 0 Å². The Balaban J connectivity index is 1.76. The van der Waals surface area contributed by atoms with Crippen LogP contribution >= 0.6 is 0 Å². The minimum absolute atomic E-state index is 0.0191. The van der Waals surface area contributed by atoms with Crippen LogP contribution in [-0.2, 0) is 39.6 Å². The first kappa shape index (κ1) is 21.4. The second-order valence-electron chi connectivity index (χ2n) is 7.04. The van der Waals surface area contributed by atoms with Gasteiger partial charge in [0.05, 0.1) is 35.4 Å². The third-order valence-electron chi connectivity index (χ3n) is 4.36. The number of pyridine rings is 1. The fraction of sp³-hybridized carbons (Fsp3) is 0.300. The molecule has 0 bridgehead atoms. The number of esters is 1. The van der Waals surface area contributed by atoms with Crippen molar-refractivity contribution in [2.45, 2.75) is 26.9 Å². The normalized spacial score (nSPS) is 11.3. The van der Waals surface area contributed by atoms with E-state index in [-0.39, 0.29) is 13.0 Å². The number of nitrogens with one attached hydrogen (secondary N) is 1. The Hall–Kier alpha value is -3.27. The summed E-state index contributed by atoms with van der Waals surface area (Å²) < 4.78 is 32.2. The lowest BCUT2D eigenvalue weighted by Crippen LogP contribution is -2.13. The summed E-state index contributed by atoms with van der Waals surface area (Å²) >= 11 is 0. The predicted molar refractivity (Wildman–Crippen MR) is 112 cm³/mol. The van der Waals surface area contributed by atoms with Gasteiger partial charge in [0.2, 0.25) is 10.0 Å². The molecule has 0 aliphatic carbocycles. The maximum atomic E-state index is 12.4. The summed E-state index contributed by atoms with van der Waals surface area (Å²) in [5.41, 5.74) is 4.36. The molecule has 1 N–H and O–H groups in total. The monoisotopic (exact) mass is 429 g/mol. The number of nitrogens with zero attached hydrogens (tertiary/aromatic N) is 4. The van der Waals surface area contributed by atoms with Crippen LogP contribution < -0.4 is 4.72 Å². The van der Waals surface area contributed by atoms with Gasteiger partial charge in [-0.25, -0.2) is 13.4 Å². The van der Waals surface area contributed by atoms with Gasteiger partial charge in [0, 0.05) is 7.05 Å². The number of hydrogen-bond donors (Lipinski definition) is 1. The molecule has 0 radical (unpaired) electrons. The fourth-order valence-electron chi connectivity index (χ4n) is 2.93. The van der Waals surface area contributed by atoms with Crippen LogP contribution in [-0.4, -0.2) is 40.6 Å². The molecule has 0 spiro atoms. The summed E-state index contributed by atoms with van der Waals surface area (Å²) in [6.07, 6.45) is 1.05. The first-order valence-electron chi connectivity index (χ1n) is 9.18. The molecule has 3 rings (SSSR count). The number of aryl methyl sites for hydroxylation is 3. The Kier molecular flexibility index (Phi) is 6.16. The largest absolute Gasteiger partial charge is 0.461 e. The molecule has 2 aromatic heterocycles. The van der Waals surface area contributed by atoms with Crippen LogP contribution in [0.3, 0.4) is 0 Å². The maximum absolute atomic E-state index is 12.4. The van der Waals surface area contributed by atoms with Crippen molar-refractivity contribution in [1.29, 1.82) is 0 Å². The number of sulfonamides is 1. The zero-order valence-electron chi connectivity index (χ0n) is 17.2. The number of ether oxygens (including phenoxy) is 1. The van der Waals surface area contributed by atoms with Gasteiger partial charge < -0.3 is 4.74 Å². The highest BCUT2D eigenvalue weighted by atomic mass is 32.2. The SMILES string of the molecule is Cc1cccc(COC(=O)Cc2c(-c3ccc(NS(C)(=O)=O)c(C)n3)nnn2C)c1. The summed E-state index contributed by atoms with van der Waals surface area (Å²) in [5, 5.41) is 8.11. The summed E-state index contributed by atoms with van der Waals surface area (Å²) in [6, 6.07) is 11.0. The minimum Gasteiger partial charge on any atom is -0.461 e. The Morgan fingerprint density at radius 1 is 1.20 bits per heavy atom. The van der Waals surface area contributed by atoms with E-state index in [0.29, 0.717) is 28.5 Å². The lowest BCUT2D eigenvalue weighted by Gasteiger charge is -2.09. The maximum Gasteiger partial charge on any atom is 0.312 e. The lowest BCUT2D eigenvalue weighted by atomic mass is 10.1. The van der Waals surface area contributed by atoms with E-state index in [1.54, 1.807) is 26.1 Å². The van der Waals surface area contributed by atoms with Crippen molar-refractivity contribution >= 4 is 21.7 Å². The summed E-state index contributed by atoms with van der Waals surface area (Å²) in [6.45, 7) is 3.85. The minimum atomic E-state index is -3.41. The van der Waals surface area contributed by atoms with E-state index in [9.17, 15) is 13.2 Å². The van der Waals surface area contributed by atoms with Crippen molar-refractivity contribution in [3.63, 3.8) is 0 Å². The first-order chi connectivity index (χ1) is 14.1. The van der Waals surface area contributed by atoms with Crippen LogP contribution in [0.25, 0.3) is 11.4 Å². The van der Waals surface area contributed by atoms with Crippen molar-refractivity contribution in [2.24, 2.45) is 7.05 Å². The highest BCUT2D eigenvalue weighted by Gasteiger charge is 2.19. The van der Waals surface area contributed by atoms with Crippen molar-refractivity contribution in [1.82, 2.24) is 20.0 Å². The Bertz CT molecular complexity index is 1190. The average Bonchev–Trinajstić information content (AvgIpc) is 3.01. The van der Waals surface area contributed by atoms with Crippen molar-refractivity contribution in [3.8, 4) is 11.4 Å². The molecule has 3 aromatic rings. The molecule has 9 nitrogen and oxygen atoms in total. The molecule has 10 heteroatoms. The van der Waals surface area contributed by atoms with Crippen LogP contribution in [0.1, 0.15) is 22.5 Å². The van der Waals surface area contributed by atoms with Gasteiger partial charge in [-0.1, -0.05) is 35.0 Å². The van der Waals surface area contributed by atoms with Crippen LogP contribution in [0, 0.1) is 13.8 Å². The van der Waals surface area contributed by atoms with E-state index in [2.05, 4.69) is 20.0 Å². The molecule has 0 amide bonds. The van der Waals surface area contributed by atoms with Crippen LogP contribution in [0.5, 0.6) is 0 Å². The van der Waals surface area contributed by atoms with Gasteiger partial charge >= 0.3 is 5.97 Å². The number of anilines is 1. The van der Waals surface area contributed by atoms with Gasteiger partial charge in [-0.3, -0.25) is 14.2 Å². The first-order valence-corrected chi connectivity index (χ1v) is 11.1. The van der Waals surface area contributed by atoms with E-state index < -0.39 is 16.0 Å². The number of rotatable bonds is 7. The standard InChI is InChI=1S/C20H23N5O4S/c1-13-6-5-7-15(10-13)12-29-19(26)11-18-20(22-24-25(18)3)17-9-8-16(14(2)21-17)23-30(4,27)28/h5-10,23H,11-12H2,1-4H3. The summed E-state index contributed by atoms with van der Waals surface area (Å²) in [4.78, 5) is 16.8. The second-order valence-corrected chi connectivity index (χ2v) is 8.79. The molecule has 0 saturated heterocycles. The number of benzene rings is 1. The summed E-state index contributed by atoms with van der Waals surface area (Å²) in [5.74, 6) is -0.407. The zero-order valence-corrected chi connectivity index (χ0v) is 18.0. The molecule has 0 fully saturated rings. The zero-order chi connectivity index (χ0) is 21.9. The Morgan fingerprint density at radius 2 is 1.97 bits per heavy atom. The third-order valence-corrected chi connectivity index (χ3v) is 4.95. The molecule has 0 atom stereocenters. The quantitative estimate of drug-likeness (QED) is 0.572. The van der Waals surface area contributed by atoms with Crippen LogP contribution in [0.15, 0.2) is 36.4 Å². The lowest BCUT2D eigenvalue weighted by molar-refractivity contribution is -0.144. The second kappa shape index (κ2) is 8.62. The van der Waals surface area contributed by atoms with Crippen molar-refractivity contribution in [2.75, 3.05) is 11.0 Å². The molecule has 2 heterocycles. The van der Waals surface area contributed by atoms with E-state index in [4.69, 9.17) is 4.74 Å². The Morgan fingerprint density at radius 3 is 2.63 bits per heavy atom.